The SMILES string of the molecule is Nc1cnc(Cl)cc1Nc1ccccc1F. The fraction of sp³-hybridized carbons (Fsp3) is 0. The second-order valence-electron chi connectivity index (χ2n) is 3.20. The summed E-state index contributed by atoms with van der Waals surface area (Å²) < 4.78 is 13.4. The lowest BCUT2D eigenvalue weighted by Crippen LogP contribution is -1.98. The molecule has 0 bridgehead atoms. The number of para-hydroxylation sites is 1. The second-order valence-corrected chi connectivity index (χ2v) is 3.59. The Labute approximate surface area is 97.1 Å². The average Bonchev–Trinajstić information content (AvgIpc) is 2.27. The van der Waals surface area contributed by atoms with Crippen LogP contribution in [0.3, 0.4) is 0 Å². The Hall–Kier alpha value is -1.81. The van der Waals surface area contributed by atoms with Crippen LogP contribution in [-0.2, 0) is 0 Å². The third-order valence-corrected chi connectivity index (χ3v) is 2.25. The van der Waals surface area contributed by atoms with Crippen molar-refractivity contribution in [1.82, 2.24) is 4.98 Å². The molecule has 0 aliphatic rings. The standard InChI is InChI=1S/C11H9ClFN3/c12-11-5-10(8(14)6-15-11)16-9-4-2-1-3-7(9)13/h1-6H,14H2,(H,15,16). The van der Waals surface area contributed by atoms with Crippen molar-refractivity contribution in [2.75, 3.05) is 11.1 Å². The fourth-order valence-electron chi connectivity index (χ4n) is 1.26. The van der Waals surface area contributed by atoms with Crippen LogP contribution in [0.25, 0.3) is 0 Å². The molecule has 0 atom stereocenters. The Balaban J connectivity index is 2.34. The van der Waals surface area contributed by atoms with Crippen LogP contribution in [0.15, 0.2) is 36.5 Å². The zero-order valence-electron chi connectivity index (χ0n) is 8.24. The van der Waals surface area contributed by atoms with Gasteiger partial charge in [-0.3, -0.25) is 0 Å². The van der Waals surface area contributed by atoms with Crippen LogP contribution >= 0.6 is 11.6 Å². The van der Waals surface area contributed by atoms with Crippen molar-refractivity contribution in [3.8, 4) is 0 Å². The van der Waals surface area contributed by atoms with E-state index >= 15 is 0 Å². The first-order valence-corrected chi connectivity index (χ1v) is 4.97. The molecule has 2 rings (SSSR count). The van der Waals surface area contributed by atoms with Gasteiger partial charge in [-0.1, -0.05) is 23.7 Å². The van der Waals surface area contributed by atoms with Gasteiger partial charge in [0.15, 0.2) is 0 Å². The first-order chi connectivity index (χ1) is 7.66. The molecule has 0 fully saturated rings. The number of aromatic nitrogens is 1. The predicted octanol–water partition coefficient (Wildman–Crippen LogP) is 3.20. The highest BCUT2D eigenvalue weighted by Gasteiger charge is 2.04. The number of halogens is 2. The molecular formula is C11H9ClFN3. The number of hydrogen-bond acceptors (Lipinski definition) is 3. The molecule has 16 heavy (non-hydrogen) atoms. The number of nitrogen functional groups attached to an aromatic ring is 1. The molecule has 0 aliphatic heterocycles. The minimum Gasteiger partial charge on any atom is -0.396 e. The number of pyridine rings is 1. The number of nitrogens with two attached hydrogens (primary N) is 1. The van der Waals surface area contributed by atoms with Crippen molar-refractivity contribution in [3.63, 3.8) is 0 Å². The Morgan fingerprint density at radius 1 is 1.25 bits per heavy atom. The van der Waals surface area contributed by atoms with Gasteiger partial charge in [-0.25, -0.2) is 9.37 Å². The highest BCUT2D eigenvalue weighted by molar-refractivity contribution is 6.29. The zero-order valence-corrected chi connectivity index (χ0v) is 9.00. The van der Waals surface area contributed by atoms with Gasteiger partial charge in [-0.05, 0) is 12.1 Å². The molecular weight excluding hydrogens is 229 g/mol. The predicted molar refractivity (Wildman–Crippen MR) is 63.3 cm³/mol. The van der Waals surface area contributed by atoms with Gasteiger partial charge >= 0.3 is 0 Å². The molecule has 0 saturated carbocycles. The smallest absolute Gasteiger partial charge is 0.146 e. The summed E-state index contributed by atoms with van der Waals surface area (Å²) in [4.78, 5) is 3.81. The number of benzene rings is 1. The normalized spacial score (nSPS) is 10.1. The van der Waals surface area contributed by atoms with E-state index in [1.54, 1.807) is 24.3 Å². The molecule has 3 N–H and O–H groups in total. The minimum absolute atomic E-state index is 0.299. The molecule has 0 saturated heterocycles. The number of rotatable bonds is 2. The average molecular weight is 238 g/mol. The topological polar surface area (TPSA) is 50.9 Å². The van der Waals surface area contributed by atoms with E-state index in [2.05, 4.69) is 10.3 Å². The molecule has 1 aromatic carbocycles. The van der Waals surface area contributed by atoms with Crippen LogP contribution < -0.4 is 11.1 Å². The number of anilines is 3. The number of nitrogens with one attached hydrogen (secondary N) is 1. The molecule has 82 valence electrons. The molecule has 3 nitrogen and oxygen atoms in total. The van der Waals surface area contributed by atoms with Crippen molar-refractivity contribution in [3.05, 3.63) is 47.5 Å². The van der Waals surface area contributed by atoms with Gasteiger partial charge in [-0.2, -0.15) is 0 Å². The molecule has 0 radical (unpaired) electrons. The van der Waals surface area contributed by atoms with Gasteiger partial charge in [-0.15, -0.1) is 0 Å². The maximum atomic E-state index is 13.4. The van der Waals surface area contributed by atoms with Crippen molar-refractivity contribution in [1.29, 1.82) is 0 Å². The van der Waals surface area contributed by atoms with Crippen LogP contribution in [0.4, 0.5) is 21.5 Å². The molecule has 1 heterocycles. The van der Waals surface area contributed by atoms with E-state index in [1.165, 1.54) is 12.3 Å². The quantitative estimate of drug-likeness (QED) is 0.789. The van der Waals surface area contributed by atoms with Crippen molar-refractivity contribution in [2.24, 2.45) is 0 Å². The highest BCUT2D eigenvalue weighted by Crippen LogP contribution is 2.25. The Bertz CT molecular complexity index is 516. The van der Waals surface area contributed by atoms with Crippen LogP contribution in [-0.4, -0.2) is 4.98 Å². The Morgan fingerprint density at radius 2 is 2.00 bits per heavy atom. The third kappa shape index (κ3) is 2.23. The maximum absolute atomic E-state index is 13.4. The van der Waals surface area contributed by atoms with Gasteiger partial charge in [0.2, 0.25) is 0 Å². The van der Waals surface area contributed by atoms with E-state index in [0.717, 1.165) is 0 Å². The van der Waals surface area contributed by atoms with Crippen LogP contribution in [0.2, 0.25) is 5.15 Å². The molecule has 0 aliphatic carbocycles. The summed E-state index contributed by atoms with van der Waals surface area (Å²) in [5, 5.41) is 3.16. The van der Waals surface area contributed by atoms with Gasteiger partial charge in [0.25, 0.3) is 0 Å². The van der Waals surface area contributed by atoms with E-state index in [4.69, 9.17) is 17.3 Å². The summed E-state index contributed by atoms with van der Waals surface area (Å²) >= 11 is 5.72. The second kappa shape index (κ2) is 4.37. The van der Waals surface area contributed by atoms with E-state index in [1.807, 2.05) is 0 Å². The van der Waals surface area contributed by atoms with E-state index in [0.29, 0.717) is 22.2 Å². The molecule has 2 aromatic rings. The summed E-state index contributed by atoms with van der Waals surface area (Å²) in [6, 6.07) is 7.86. The summed E-state index contributed by atoms with van der Waals surface area (Å²) in [6.07, 6.45) is 1.42. The first kappa shape index (κ1) is 10.7. The Morgan fingerprint density at radius 3 is 2.75 bits per heavy atom. The zero-order chi connectivity index (χ0) is 11.5. The molecule has 0 unspecified atom stereocenters. The van der Waals surface area contributed by atoms with Crippen molar-refractivity contribution in [2.45, 2.75) is 0 Å². The lowest BCUT2D eigenvalue weighted by Gasteiger charge is -2.09. The summed E-state index contributed by atoms with van der Waals surface area (Å²) in [6.45, 7) is 0. The lowest BCUT2D eigenvalue weighted by atomic mass is 10.2. The van der Waals surface area contributed by atoms with E-state index < -0.39 is 0 Å². The molecule has 1 aromatic heterocycles. The number of hydrogen-bond donors (Lipinski definition) is 2. The summed E-state index contributed by atoms with van der Waals surface area (Å²) in [5.74, 6) is -0.352. The third-order valence-electron chi connectivity index (χ3n) is 2.04. The molecule has 0 amide bonds. The largest absolute Gasteiger partial charge is 0.396 e. The maximum Gasteiger partial charge on any atom is 0.146 e. The summed E-state index contributed by atoms with van der Waals surface area (Å²) in [7, 11) is 0. The van der Waals surface area contributed by atoms with Crippen LogP contribution in [0.5, 0.6) is 0 Å². The van der Waals surface area contributed by atoms with Crippen LogP contribution in [0, 0.1) is 5.82 Å². The monoisotopic (exact) mass is 237 g/mol. The van der Waals surface area contributed by atoms with Gasteiger partial charge in [0.05, 0.1) is 23.3 Å². The van der Waals surface area contributed by atoms with Gasteiger partial charge in [0.1, 0.15) is 11.0 Å². The molecule has 0 spiro atoms. The summed E-state index contributed by atoms with van der Waals surface area (Å²) in [5.41, 5.74) is 6.97. The highest BCUT2D eigenvalue weighted by atomic mass is 35.5. The lowest BCUT2D eigenvalue weighted by molar-refractivity contribution is 0.632. The minimum atomic E-state index is -0.352. The van der Waals surface area contributed by atoms with E-state index in [9.17, 15) is 4.39 Å². The van der Waals surface area contributed by atoms with Crippen molar-refractivity contribution < 1.29 is 4.39 Å². The fourth-order valence-corrected chi connectivity index (χ4v) is 1.41. The van der Waals surface area contributed by atoms with E-state index in [-0.39, 0.29) is 5.82 Å². The van der Waals surface area contributed by atoms with Gasteiger partial charge < -0.3 is 11.1 Å². The first-order valence-electron chi connectivity index (χ1n) is 4.59. The number of nitrogens with zero attached hydrogens (tertiary/aromatic N) is 1. The Kier molecular flexibility index (Phi) is 2.92. The van der Waals surface area contributed by atoms with Crippen LogP contribution in [0.1, 0.15) is 0 Å². The van der Waals surface area contributed by atoms with Gasteiger partial charge in [0, 0.05) is 6.07 Å². The van der Waals surface area contributed by atoms with Crippen molar-refractivity contribution >= 4 is 28.7 Å². The molecule has 5 heteroatoms.